The van der Waals surface area contributed by atoms with Crippen molar-refractivity contribution in [1.29, 1.82) is 0 Å². The molecule has 4 fully saturated rings. The SMILES string of the molecule is CC[C@H](C)NC(=O)[C@H](CC)N(Cc1c(Cl)cccc1Cl)C(=O)CN(c1ccc(C23CC4CC(CC(C4)C2)C3)cc1)S(C)(=O)=O. The molecule has 2 atom stereocenters. The molecule has 2 aromatic rings. The molecular formula is C34H45Cl2N3O4S. The quantitative estimate of drug-likeness (QED) is 0.267. The minimum absolute atomic E-state index is 0.0354. The summed E-state index contributed by atoms with van der Waals surface area (Å²) in [5, 5.41) is 3.71. The van der Waals surface area contributed by atoms with E-state index in [1.165, 1.54) is 49.0 Å². The molecule has 0 spiro atoms. The molecule has 7 nitrogen and oxygen atoms in total. The molecular weight excluding hydrogens is 617 g/mol. The van der Waals surface area contributed by atoms with Gasteiger partial charge < -0.3 is 10.2 Å². The monoisotopic (exact) mass is 661 g/mol. The summed E-state index contributed by atoms with van der Waals surface area (Å²) in [6, 6.07) is 12.0. The van der Waals surface area contributed by atoms with E-state index in [0.29, 0.717) is 27.7 Å². The second-order valence-corrected chi connectivity index (χ2v) is 16.2. The molecule has 6 rings (SSSR count). The zero-order chi connectivity index (χ0) is 31.8. The van der Waals surface area contributed by atoms with Crippen LogP contribution in [0, 0.1) is 17.8 Å². The van der Waals surface area contributed by atoms with Crippen LogP contribution in [-0.2, 0) is 31.6 Å². The number of anilines is 1. The molecule has 0 unspecified atom stereocenters. The number of halogens is 2. The average Bonchev–Trinajstić information content (AvgIpc) is 2.96. The fraction of sp³-hybridized carbons (Fsp3) is 0.588. The first-order valence-corrected chi connectivity index (χ1v) is 18.5. The molecule has 1 N–H and O–H groups in total. The first-order chi connectivity index (χ1) is 20.8. The predicted molar refractivity (Wildman–Crippen MR) is 177 cm³/mol. The normalized spacial score (nSPS) is 25.4. The van der Waals surface area contributed by atoms with Crippen molar-refractivity contribution in [3.63, 3.8) is 0 Å². The Balaban J connectivity index is 1.43. The minimum atomic E-state index is -3.84. The van der Waals surface area contributed by atoms with Gasteiger partial charge in [-0.15, -0.1) is 0 Å². The highest BCUT2D eigenvalue weighted by Gasteiger charge is 2.51. The first-order valence-electron chi connectivity index (χ1n) is 15.9. The molecule has 0 radical (unpaired) electrons. The Kier molecular flexibility index (Phi) is 9.93. The second-order valence-electron chi connectivity index (χ2n) is 13.5. The summed E-state index contributed by atoms with van der Waals surface area (Å²) in [4.78, 5) is 28.9. The largest absolute Gasteiger partial charge is 0.352 e. The van der Waals surface area contributed by atoms with Gasteiger partial charge in [-0.1, -0.05) is 55.2 Å². The molecule has 4 bridgehead atoms. The second kappa shape index (κ2) is 13.2. The molecule has 0 aromatic heterocycles. The van der Waals surface area contributed by atoms with Crippen LogP contribution in [0.25, 0.3) is 0 Å². The van der Waals surface area contributed by atoms with Gasteiger partial charge in [0.05, 0.1) is 11.9 Å². The number of nitrogens with zero attached hydrogens (tertiary/aromatic N) is 2. The summed E-state index contributed by atoms with van der Waals surface area (Å²) >= 11 is 13.0. The summed E-state index contributed by atoms with van der Waals surface area (Å²) in [7, 11) is -3.84. The zero-order valence-electron chi connectivity index (χ0n) is 26.2. The third kappa shape index (κ3) is 6.92. The van der Waals surface area contributed by atoms with Crippen LogP contribution in [0.1, 0.15) is 83.3 Å². The first kappa shape index (κ1) is 33.1. The number of nitrogens with one attached hydrogen (secondary N) is 1. The van der Waals surface area contributed by atoms with Crippen LogP contribution in [0.2, 0.25) is 10.0 Å². The molecule has 44 heavy (non-hydrogen) atoms. The van der Waals surface area contributed by atoms with Gasteiger partial charge in [0.15, 0.2) is 0 Å². The molecule has 2 aromatic carbocycles. The Morgan fingerprint density at radius 3 is 1.95 bits per heavy atom. The molecule has 240 valence electrons. The Hall–Kier alpha value is -2.29. The molecule has 0 saturated heterocycles. The van der Waals surface area contributed by atoms with Crippen LogP contribution in [0.3, 0.4) is 0 Å². The van der Waals surface area contributed by atoms with Crippen molar-refractivity contribution < 1.29 is 18.0 Å². The lowest BCUT2D eigenvalue weighted by molar-refractivity contribution is -0.140. The molecule has 4 aliphatic carbocycles. The van der Waals surface area contributed by atoms with Crippen molar-refractivity contribution in [2.75, 3.05) is 17.1 Å². The fourth-order valence-electron chi connectivity index (χ4n) is 8.27. The topological polar surface area (TPSA) is 86.8 Å². The van der Waals surface area contributed by atoms with Crippen molar-refractivity contribution in [2.45, 2.75) is 96.2 Å². The molecule has 4 saturated carbocycles. The number of benzene rings is 2. The van der Waals surface area contributed by atoms with Crippen LogP contribution in [-0.4, -0.2) is 50.0 Å². The minimum Gasteiger partial charge on any atom is -0.352 e. The van der Waals surface area contributed by atoms with Gasteiger partial charge in [0.2, 0.25) is 21.8 Å². The van der Waals surface area contributed by atoms with Gasteiger partial charge in [-0.05, 0) is 111 Å². The lowest BCUT2D eigenvalue weighted by atomic mass is 9.48. The van der Waals surface area contributed by atoms with Gasteiger partial charge in [-0.2, -0.15) is 0 Å². The van der Waals surface area contributed by atoms with Crippen molar-refractivity contribution in [2.24, 2.45) is 17.8 Å². The van der Waals surface area contributed by atoms with Crippen LogP contribution >= 0.6 is 23.2 Å². The number of hydrogen-bond acceptors (Lipinski definition) is 4. The third-order valence-corrected chi connectivity index (χ3v) is 12.1. The van der Waals surface area contributed by atoms with Crippen molar-refractivity contribution in [1.82, 2.24) is 10.2 Å². The van der Waals surface area contributed by atoms with Crippen molar-refractivity contribution in [3.8, 4) is 0 Å². The van der Waals surface area contributed by atoms with Crippen molar-refractivity contribution >= 4 is 50.7 Å². The number of amides is 2. The molecule has 2 amide bonds. The smallest absolute Gasteiger partial charge is 0.244 e. The van der Waals surface area contributed by atoms with E-state index in [4.69, 9.17) is 23.2 Å². The van der Waals surface area contributed by atoms with Crippen LogP contribution in [0.5, 0.6) is 0 Å². The van der Waals surface area contributed by atoms with Gasteiger partial charge >= 0.3 is 0 Å². The summed E-state index contributed by atoms with van der Waals surface area (Å²) in [5.41, 5.74) is 2.40. The number of rotatable bonds is 12. The van der Waals surface area contributed by atoms with E-state index >= 15 is 0 Å². The zero-order valence-corrected chi connectivity index (χ0v) is 28.5. The van der Waals surface area contributed by atoms with Crippen molar-refractivity contribution in [3.05, 3.63) is 63.6 Å². The standard InChI is InChI=1S/C34H45Cl2N3O4S/c1-5-22(3)37-33(41)31(6-2)38(20-28-29(35)8-7-9-30(28)36)32(40)21-39(44(4,42)43)27-12-10-26(11-13-27)34-17-23-14-24(18-34)16-25(15-23)19-34/h7-13,22-25,31H,5-6,14-21H2,1-4H3,(H,37,41)/t22-,23?,24?,25?,31-,34?/m0/s1. The predicted octanol–water partition coefficient (Wildman–Crippen LogP) is 6.95. The molecule has 0 heterocycles. The Labute approximate surface area is 272 Å². The lowest BCUT2D eigenvalue weighted by Crippen LogP contribution is -2.53. The van der Waals surface area contributed by atoms with Gasteiger partial charge in [-0.3, -0.25) is 13.9 Å². The van der Waals surface area contributed by atoms with Gasteiger partial charge in [0.1, 0.15) is 12.6 Å². The highest BCUT2D eigenvalue weighted by Crippen LogP contribution is 2.60. The van der Waals surface area contributed by atoms with Crippen LogP contribution in [0.15, 0.2) is 42.5 Å². The van der Waals surface area contributed by atoms with Crippen LogP contribution in [0.4, 0.5) is 5.69 Å². The molecule has 0 aliphatic heterocycles. The molecule has 4 aliphatic rings. The van der Waals surface area contributed by atoms with Gasteiger partial charge in [0, 0.05) is 28.2 Å². The summed E-state index contributed by atoms with van der Waals surface area (Å²) < 4.78 is 27.4. The highest BCUT2D eigenvalue weighted by atomic mass is 35.5. The summed E-state index contributed by atoms with van der Waals surface area (Å²) in [6.07, 6.45) is 9.86. The van der Waals surface area contributed by atoms with E-state index in [9.17, 15) is 18.0 Å². The fourth-order valence-corrected chi connectivity index (χ4v) is 9.64. The Morgan fingerprint density at radius 1 is 0.932 bits per heavy atom. The number of sulfonamides is 1. The van der Waals surface area contributed by atoms with E-state index < -0.39 is 28.5 Å². The number of hydrogen-bond donors (Lipinski definition) is 1. The number of carbonyl (C=O) groups excluding carboxylic acids is 2. The lowest BCUT2D eigenvalue weighted by Gasteiger charge is -2.57. The van der Waals surface area contributed by atoms with E-state index in [2.05, 4.69) is 17.4 Å². The summed E-state index contributed by atoms with van der Waals surface area (Å²) in [5.74, 6) is 1.58. The molecule has 10 heteroatoms. The average molecular weight is 663 g/mol. The third-order valence-electron chi connectivity index (χ3n) is 10.3. The van der Waals surface area contributed by atoms with Gasteiger partial charge in [-0.25, -0.2) is 8.42 Å². The Bertz CT molecular complexity index is 1420. The number of carbonyl (C=O) groups is 2. The summed E-state index contributed by atoms with van der Waals surface area (Å²) in [6.45, 7) is 5.21. The maximum Gasteiger partial charge on any atom is 0.244 e. The van der Waals surface area contributed by atoms with Crippen LogP contribution < -0.4 is 9.62 Å². The maximum absolute atomic E-state index is 14.1. The van der Waals surface area contributed by atoms with E-state index in [1.807, 2.05) is 32.9 Å². The van der Waals surface area contributed by atoms with Gasteiger partial charge in [0.25, 0.3) is 0 Å². The van der Waals surface area contributed by atoms with E-state index in [1.54, 1.807) is 18.2 Å². The highest BCUT2D eigenvalue weighted by molar-refractivity contribution is 7.92. The van der Waals surface area contributed by atoms with E-state index in [0.717, 1.165) is 34.7 Å². The Morgan fingerprint density at radius 2 is 1.48 bits per heavy atom. The van der Waals surface area contributed by atoms with E-state index in [-0.39, 0.29) is 23.9 Å². The maximum atomic E-state index is 14.1.